The Bertz CT molecular complexity index is 675. The van der Waals surface area contributed by atoms with Crippen molar-refractivity contribution in [2.75, 3.05) is 26.7 Å². The average molecular weight is 482 g/mol. The molecule has 5 nitrogen and oxygen atoms in total. The van der Waals surface area contributed by atoms with E-state index in [4.69, 9.17) is 4.74 Å². The van der Waals surface area contributed by atoms with Crippen molar-refractivity contribution in [3.05, 3.63) is 54.4 Å². The molecule has 2 aromatic rings. The van der Waals surface area contributed by atoms with E-state index >= 15 is 0 Å². The van der Waals surface area contributed by atoms with Crippen molar-refractivity contribution >= 4 is 29.9 Å². The van der Waals surface area contributed by atoms with Crippen LogP contribution in [0.4, 0.5) is 13.2 Å². The van der Waals surface area contributed by atoms with E-state index in [1.165, 1.54) is 18.2 Å². The Kier molecular flexibility index (Phi) is 9.31. The zero-order chi connectivity index (χ0) is 18.1. The van der Waals surface area contributed by atoms with E-state index in [1.807, 2.05) is 29.1 Å². The molecule has 26 heavy (non-hydrogen) atoms. The van der Waals surface area contributed by atoms with Crippen LogP contribution in [0.3, 0.4) is 0 Å². The molecule has 0 aliphatic rings. The highest BCUT2D eigenvalue weighted by molar-refractivity contribution is 14.0. The lowest BCUT2D eigenvalue weighted by Gasteiger charge is -2.15. The van der Waals surface area contributed by atoms with Crippen molar-refractivity contribution in [2.24, 2.45) is 4.99 Å². The van der Waals surface area contributed by atoms with Gasteiger partial charge in [-0.25, -0.2) is 0 Å². The predicted molar refractivity (Wildman–Crippen MR) is 106 cm³/mol. The molecule has 144 valence electrons. The minimum atomic E-state index is -4.43. The Morgan fingerprint density at radius 3 is 2.38 bits per heavy atom. The summed E-state index contributed by atoms with van der Waals surface area (Å²) in [6.45, 7) is 1.87. The molecule has 2 rings (SSSR count). The third-order valence-corrected chi connectivity index (χ3v) is 3.40. The Balaban J connectivity index is 0.00000338. The summed E-state index contributed by atoms with van der Waals surface area (Å²) in [6.07, 6.45) is -0.506. The Morgan fingerprint density at radius 2 is 1.73 bits per heavy atom. The number of para-hydroxylation sites is 1. The van der Waals surface area contributed by atoms with Gasteiger partial charge in [0.15, 0.2) is 5.96 Å². The van der Waals surface area contributed by atoms with Gasteiger partial charge in [0.2, 0.25) is 0 Å². The van der Waals surface area contributed by atoms with E-state index in [1.54, 1.807) is 7.05 Å². The van der Waals surface area contributed by atoms with Crippen molar-refractivity contribution in [2.45, 2.75) is 12.7 Å². The highest BCUT2D eigenvalue weighted by Crippen LogP contribution is 2.35. The van der Waals surface area contributed by atoms with Gasteiger partial charge in [-0.2, -0.15) is 13.2 Å². The number of aromatic nitrogens is 1. The third kappa shape index (κ3) is 7.14. The number of benzene rings is 1. The SMILES string of the molecule is CN=C(NCCOc1ccccc1C(F)(F)F)NCCn1cccc1.I. The molecule has 0 spiro atoms. The van der Waals surface area contributed by atoms with Crippen LogP contribution >= 0.6 is 24.0 Å². The summed E-state index contributed by atoms with van der Waals surface area (Å²) >= 11 is 0. The summed E-state index contributed by atoms with van der Waals surface area (Å²) in [7, 11) is 1.63. The number of hydrogen-bond donors (Lipinski definition) is 2. The van der Waals surface area contributed by atoms with Gasteiger partial charge in [0.05, 0.1) is 12.1 Å². The highest BCUT2D eigenvalue weighted by atomic mass is 127. The fraction of sp³-hybridized carbons (Fsp3) is 0.353. The first-order valence-electron chi connectivity index (χ1n) is 7.85. The number of guanidine groups is 1. The zero-order valence-electron chi connectivity index (χ0n) is 14.3. The Labute approximate surface area is 167 Å². The van der Waals surface area contributed by atoms with E-state index in [0.717, 1.165) is 12.6 Å². The first-order chi connectivity index (χ1) is 12.0. The van der Waals surface area contributed by atoms with Crippen LogP contribution in [-0.4, -0.2) is 37.3 Å². The van der Waals surface area contributed by atoms with Gasteiger partial charge in [-0.1, -0.05) is 12.1 Å². The molecule has 0 unspecified atom stereocenters. The normalized spacial score (nSPS) is 11.6. The second kappa shape index (κ2) is 10.9. The molecule has 2 N–H and O–H groups in total. The van der Waals surface area contributed by atoms with Gasteiger partial charge in [-0.05, 0) is 24.3 Å². The molecule has 1 aromatic heterocycles. The molecule has 9 heteroatoms. The fourth-order valence-corrected chi connectivity index (χ4v) is 2.20. The number of rotatable bonds is 7. The minimum absolute atomic E-state index is 0. The predicted octanol–water partition coefficient (Wildman–Crippen LogP) is 3.37. The molecule has 0 aliphatic heterocycles. The van der Waals surface area contributed by atoms with E-state index in [9.17, 15) is 13.2 Å². The lowest BCUT2D eigenvalue weighted by Crippen LogP contribution is -2.40. The Hall–Kier alpha value is -1.91. The van der Waals surface area contributed by atoms with Gasteiger partial charge in [0.25, 0.3) is 0 Å². The maximum Gasteiger partial charge on any atom is 0.419 e. The number of ether oxygens (including phenoxy) is 1. The molecule has 0 atom stereocenters. The lowest BCUT2D eigenvalue weighted by molar-refractivity contribution is -0.138. The maximum atomic E-state index is 12.9. The first-order valence-corrected chi connectivity index (χ1v) is 7.85. The van der Waals surface area contributed by atoms with Crippen molar-refractivity contribution in [3.8, 4) is 5.75 Å². The molecule has 0 radical (unpaired) electrons. The van der Waals surface area contributed by atoms with Crippen LogP contribution in [0.1, 0.15) is 5.56 Å². The second-order valence-electron chi connectivity index (χ2n) is 5.19. The molecule has 1 heterocycles. The lowest BCUT2D eigenvalue weighted by atomic mass is 10.2. The van der Waals surface area contributed by atoms with Crippen molar-refractivity contribution in [1.29, 1.82) is 0 Å². The quantitative estimate of drug-likeness (QED) is 0.276. The van der Waals surface area contributed by atoms with Gasteiger partial charge < -0.3 is 19.9 Å². The van der Waals surface area contributed by atoms with Crippen LogP contribution in [0.25, 0.3) is 0 Å². The zero-order valence-corrected chi connectivity index (χ0v) is 16.6. The monoisotopic (exact) mass is 482 g/mol. The second-order valence-corrected chi connectivity index (χ2v) is 5.19. The number of alkyl halides is 3. The number of nitrogens with zero attached hydrogens (tertiary/aromatic N) is 2. The van der Waals surface area contributed by atoms with Crippen LogP contribution in [0.5, 0.6) is 5.75 Å². The Morgan fingerprint density at radius 1 is 1.08 bits per heavy atom. The van der Waals surface area contributed by atoms with E-state index < -0.39 is 11.7 Å². The third-order valence-electron chi connectivity index (χ3n) is 3.40. The van der Waals surface area contributed by atoms with Gasteiger partial charge in [-0.15, -0.1) is 24.0 Å². The number of hydrogen-bond acceptors (Lipinski definition) is 2. The van der Waals surface area contributed by atoms with Crippen LogP contribution < -0.4 is 15.4 Å². The molecule has 0 saturated heterocycles. The largest absolute Gasteiger partial charge is 0.491 e. The summed E-state index contributed by atoms with van der Waals surface area (Å²) < 4.78 is 45.9. The maximum absolute atomic E-state index is 12.9. The number of aliphatic imine (C=N–C) groups is 1. The molecule has 0 amide bonds. The van der Waals surface area contributed by atoms with Crippen LogP contribution in [0.2, 0.25) is 0 Å². The molecular formula is C17H22F3IN4O. The standard InChI is InChI=1S/C17H21F3N4O.HI/c1-21-16(22-8-12-24-10-4-5-11-24)23-9-13-25-15-7-3-2-6-14(15)17(18,19)20;/h2-7,10-11H,8-9,12-13H2,1H3,(H2,21,22,23);1H. The summed E-state index contributed by atoms with van der Waals surface area (Å²) in [6, 6.07) is 9.06. The van der Waals surface area contributed by atoms with Crippen LogP contribution in [0.15, 0.2) is 53.8 Å². The van der Waals surface area contributed by atoms with E-state index in [2.05, 4.69) is 15.6 Å². The molecule has 0 aliphatic carbocycles. The molecular weight excluding hydrogens is 460 g/mol. The highest BCUT2D eigenvalue weighted by Gasteiger charge is 2.33. The summed E-state index contributed by atoms with van der Waals surface area (Å²) in [4.78, 5) is 4.06. The number of nitrogens with one attached hydrogen (secondary N) is 2. The van der Waals surface area contributed by atoms with Gasteiger partial charge in [-0.3, -0.25) is 4.99 Å². The molecule has 1 aromatic carbocycles. The van der Waals surface area contributed by atoms with Crippen molar-refractivity contribution in [1.82, 2.24) is 15.2 Å². The van der Waals surface area contributed by atoms with Gasteiger partial charge in [0.1, 0.15) is 12.4 Å². The summed E-state index contributed by atoms with van der Waals surface area (Å²) in [5, 5.41) is 6.13. The van der Waals surface area contributed by atoms with Crippen LogP contribution in [0, 0.1) is 0 Å². The van der Waals surface area contributed by atoms with E-state index in [-0.39, 0.29) is 36.3 Å². The van der Waals surface area contributed by atoms with Gasteiger partial charge >= 0.3 is 6.18 Å². The summed E-state index contributed by atoms with van der Waals surface area (Å²) in [5.74, 6) is 0.396. The fourth-order valence-electron chi connectivity index (χ4n) is 2.20. The van der Waals surface area contributed by atoms with Gasteiger partial charge in [0, 0.05) is 32.5 Å². The van der Waals surface area contributed by atoms with Crippen molar-refractivity contribution in [3.63, 3.8) is 0 Å². The van der Waals surface area contributed by atoms with E-state index in [0.29, 0.717) is 19.0 Å². The smallest absolute Gasteiger partial charge is 0.419 e. The first kappa shape index (κ1) is 22.1. The van der Waals surface area contributed by atoms with Crippen LogP contribution in [-0.2, 0) is 12.7 Å². The molecule has 0 bridgehead atoms. The minimum Gasteiger partial charge on any atom is -0.491 e. The van der Waals surface area contributed by atoms with Crippen molar-refractivity contribution < 1.29 is 17.9 Å². The number of halogens is 4. The average Bonchev–Trinajstić information content (AvgIpc) is 3.10. The topological polar surface area (TPSA) is 50.6 Å². The molecule has 0 fully saturated rings. The molecule has 0 saturated carbocycles. The summed E-state index contributed by atoms with van der Waals surface area (Å²) in [5.41, 5.74) is -0.774.